The minimum atomic E-state index is -0.313. The number of hydrogen-bond donors (Lipinski definition) is 1. The number of ether oxygens (including phenoxy) is 2. The third kappa shape index (κ3) is 4.20. The lowest BCUT2D eigenvalue weighted by molar-refractivity contribution is 0.0992. The molecule has 0 saturated heterocycles. The molecule has 5 heteroatoms. The van der Waals surface area contributed by atoms with E-state index < -0.39 is 0 Å². The zero-order valence-electron chi connectivity index (χ0n) is 14.1. The molecule has 1 aromatic heterocycles. The molecule has 1 amide bonds. The van der Waals surface area contributed by atoms with E-state index in [9.17, 15) is 4.79 Å². The maximum absolute atomic E-state index is 12.2. The van der Waals surface area contributed by atoms with Gasteiger partial charge in [0.2, 0.25) is 0 Å². The van der Waals surface area contributed by atoms with Crippen LogP contribution in [0.1, 0.15) is 21.9 Å². The van der Waals surface area contributed by atoms with E-state index in [1.165, 1.54) is 0 Å². The van der Waals surface area contributed by atoms with Crippen LogP contribution in [-0.2, 0) is 6.61 Å². The van der Waals surface area contributed by atoms with Crippen LogP contribution >= 0.6 is 0 Å². The molecule has 0 radical (unpaired) electrons. The molecule has 0 unspecified atom stereocenters. The Bertz CT molecular complexity index is 852. The van der Waals surface area contributed by atoms with Crippen molar-refractivity contribution >= 4 is 11.6 Å². The number of amides is 1. The van der Waals surface area contributed by atoms with E-state index in [4.69, 9.17) is 13.9 Å². The van der Waals surface area contributed by atoms with Gasteiger partial charge < -0.3 is 19.2 Å². The molecule has 25 heavy (non-hydrogen) atoms. The molecule has 0 spiro atoms. The number of para-hydroxylation sites is 1. The standard InChI is InChI=1S/C20H19NO4/c1-14-5-3-4-6-18(14)24-13-17-11-12-19(25-17)20(22)21-15-7-9-16(23-2)10-8-15/h3-12H,13H2,1-2H3,(H,21,22). The van der Waals surface area contributed by atoms with Crippen molar-refractivity contribution in [2.75, 3.05) is 12.4 Å². The number of rotatable bonds is 6. The van der Waals surface area contributed by atoms with Crippen molar-refractivity contribution in [3.05, 3.63) is 77.7 Å². The molecular weight excluding hydrogens is 318 g/mol. The first-order valence-corrected chi connectivity index (χ1v) is 7.88. The van der Waals surface area contributed by atoms with Crippen LogP contribution in [0, 0.1) is 6.92 Å². The van der Waals surface area contributed by atoms with E-state index >= 15 is 0 Å². The fourth-order valence-electron chi connectivity index (χ4n) is 2.31. The van der Waals surface area contributed by atoms with Gasteiger partial charge in [0.05, 0.1) is 7.11 Å². The van der Waals surface area contributed by atoms with Gasteiger partial charge in [0, 0.05) is 5.69 Å². The third-order valence-electron chi connectivity index (χ3n) is 3.70. The number of anilines is 1. The molecule has 1 N–H and O–H groups in total. The van der Waals surface area contributed by atoms with E-state index in [1.54, 1.807) is 43.5 Å². The zero-order valence-corrected chi connectivity index (χ0v) is 14.1. The molecule has 0 aliphatic heterocycles. The SMILES string of the molecule is COc1ccc(NC(=O)c2ccc(COc3ccccc3C)o2)cc1. The number of carbonyl (C=O) groups excluding carboxylic acids is 1. The first-order valence-electron chi connectivity index (χ1n) is 7.88. The second-order valence-corrected chi connectivity index (χ2v) is 5.50. The molecule has 0 saturated carbocycles. The van der Waals surface area contributed by atoms with Gasteiger partial charge in [-0.15, -0.1) is 0 Å². The van der Waals surface area contributed by atoms with Crippen molar-refractivity contribution in [1.29, 1.82) is 0 Å². The lowest BCUT2D eigenvalue weighted by atomic mass is 10.2. The summed E-state index contributed by atoms with van der Waals surface area (Å²) >= 11 is 0. The lowest BCUT2D eigenvalue weighted by Crippen LogP contribution is -2.10. The van der Waals surface area contributed by atoms with Crippen molar-refractivity contribution in [2.24, 2.45) is 0 Å². The summed E-state index contributed by atoms with van der Waals surface area (Å²) in [5, 5.41) is 2.78. The van der Waals surface area contributed by atoms with Gasteiger partial charge in [0.1, 0.15) is 23.9 Å². The van der Waals surface area contributed by atoms with Gasteiger partial charge in [-0.1, -0.05) is 18.2 Å². The van der Waals surface area contributed by atoms with Gasteiger partial charge in [0.25, 0.3) is 5.91 Å². The zero-order chi connectivity index (χ0) is 17.6. The number of benzene rings is 2. The summed E-state index contributed by atoms with van der Waals surface area (Å²) in [6.45, 7) is 2.24. The van der Waals surface area contributed by atoms with Crippen LogP contribution in [0.3, 0.4) is 0 Å². The smallest absolute Gasteiger partial charge is 0.291 e. The van der Waals surface area contributed by atoms with E-state index in [1.807, 2.05) is 31.2 Å². The molecule has 0 fully saturated rings. The molecule has 3 rings (SSSR count). The Morgan fingerprint density at radius 2 is 1.80 bits per heavy atom. The van der Waals surface area contributed by atoms with Gasteiger partial charge in [-0.2, -0.15) is 0 Å². The van der Waals surface area contributed by atoms with Gasteiger partial charge >= 0.3 is 0 Å². The van der Waals surface area contributed by atoms with E-state index in [0.717, 1.165) is 17.1 Å². The van der Waals surface area contributed by atoms with Gasteiger partial charge in [-0.3, -0.25) is 4.79 Å². The highest BCUT2D eigenvalue weighted by Crippen LogP contribution is 2.20. The average molecular weight is 337 g/mol. The molecule has 0 aliphatic rings. The quantitative estimate of drug-likeness (QED) is 0.723. The van der Waals surface area contributed by atoms with Crippen LogP contribution in [0.25, 0.3) is 0 Å². The van der Waals surface area contributed by atoms with Crippen LogP contribution in [0.5, 0.6) is 11.5 Å². The summed E-state index contributed by atoms with van der Waals surface area (Å²) in [4.78, 5) is 12.2. The predicted octanol–water partition coefficient (Wildman–Crippen LogP) is 4.43. The maximum Gasteiger partial charge on any atom is 0.291 e. The highest BCUT2D eigenvalue weighted by Gasteiger charge is 2.12. The molecular formula is C20H19NO4. The minimum Gasteiger partial charge on any atom is -0.497 e. The van der Waals surface area contributed by atoms with Crippen molar-refractivity contribution < 1.29 is 18.7 Å². The van der Waals surface area contributed by atoms with Crippen molar-refractivity contribution in [2.45, 2.75) is 13.5 Å². The molecule has 0 atom stereocenters. The number of hydrogen-bond acceptors (Lipinski definition) is 4. The summed E-state index contributed by atoms with van der Waals surface area (Å²) in [6, 6.07) is 18.2. The van der Waals surface area contributed by atoms with Crippen LogP contribution in [0.15, 0.2) is 65.1 Å². The van der Waals surface area contributed by atoms with Crippen LogP contribution in [0.4, 0.5) is 5.69 Å². The highest BCUT2D eigenvalue weighted by atomic mass is 16.5. The molecule has 1 heterocycles. The number of aryl methyl sites for hydroxylation is 1. The molecule has 5 nitrogen and oxygen atoms in total. The largest absolute Gasteiger partial charge is 0.497 e. The van der Waals surface area contributed by atoms with E-state index in [0.29, 0.717) is 11.4 Å². The molecule has 128 valence electrons. The molecule has 0 bridgehead atoms. The Hall–Kier alpha value is -3.21. The van der Waals surface area contributed by atoms with Crippen LogP contribution < -0.4 is 14.8 Å². The molecule has 0 aliphatic carbocycles. The number of carbonyl (C=O) groups is 1. The molecule has 2 aromatic carbocycles. The summed E-state index contributed by atoms with van der Waals surface area (Å²) in [5.74, 6) is 2.03. The maximum atomic E-state index is 12.2. The Morgan fingerprint density at radius 3 is 2.52 bits per heavy atom. The topological polar surface area (TPSA) is 60.7 Å². The molecule has 3 aromatic rings. The van der Waals surface area contributed by atoms with Crippen molar-refractivity contribution in [1.82, 2.24) is 0 Å². The van der Waals surface area contributed by atoms with Gasteiger partial charge in [-0.05, 0) is 55.0 Å². The Labute approximate surface area is 146 Å². The second-order valence-electron chi connectivity index (χ2n) is 5.50. The first-order chi connectivity index (χ1) is 12.2. The monoisotopic (exact) mass is 337 g/mol. The Kier molecular flexibility index (Phi) is 5.04. The van der Waals surface area contributed by atoms with Crippen molar-refractivity contribution in [3.8, 4) is 11.5 Å². The highest BCUT2D eigenvalue weighted by molar-refractivity contribution is 6.02. The number of methoxy groups -OCH3 is 1. The fraction of sp³-hybridized carbons (Fsp3) is 0.150. The number of furan rings is 1. The first kappa shape index (κ1) is 16.6. The van der Waals surface area contributed by atoms with Gasteiger partial charge in [0.15, 0.2) is 5.76 Å². The van der Waals surface area contributed by atoms with Crippen LogP contribution in [-0.4, -0.2) is 13.0 Å². The van der Waals surface area contributed by atoms with Gasteiger partial charge in [-0.25, -0.2) is 0 Å². The predicted molar refractivity (Wildman–Crippen MR) is 95.2 cm³/mol. The normalized spacial score (nSPS) is 10.3. The fourth-order valence-corrected chi connectivity index (χ4v) is 2.31. The number of nitrogens with one attached hydrogen (secondary N) is 1. The Morgan fingerprint density at radius 1 is 1.04 bits per heavy atom. The Balaban J connectivity index is 1.60. The minimum absolute atomic E-state index is 0.235. The van der Waals surface area contributed by atoms with Crippen LogP contribution in [0.2, 0.25) is 0 Å². The summed E-state index contributed by atoms with van der Waals surface area (Å²) < 4.78 is 16.4. The second kappa shape index (κ2) is 7.57. The van der Waals surface area contributed by atoms with E-state index in [2.05, 4.69) is 5.32 Å². The van der Waals surface area contributed by atoms with Crippen molar-refractivity contribution in [3.63, 3.8) is 0 Å². The average Bonchev–Trinajstić information content (AvgIpc) is 3.11. The third-order valence-corrected chi connectivity index (χ3v) is 3.70. The summed E-state index contributed by atoms with van der Waals surface area (Å²) in [6.07, 6.45) is 0. The lowest BCUT2D eigenvalue weighted by Gasteiger charge is -2.07. The summed E-state index contributed by atoms with van der Waals surface area (Å²) in [7, 11) is 1.59. The van der Waals surface area contributed by atoms with E-state index in [-0.39, 0.29) is 18.3 Å². The summed E-state index contributed by atoms with van der Waals surface area (Å²) in [5.41, 5.74) is 1.71.